The minimum atomic E-state index is 0.964. The van der Waals surface area contributed by atoms with Gasteiger partial charge in [0.15, 0.2) is 0 Å². The Morgan fingerprint density at radius 2 is 1.36 bits per heavy atom. The van der Waals surface area contributed by atoms with Crippen LogP contribution in [0.4, 0.5) is 0 Å². The molecule has 0 nitrogen and oxygen atoms in total. The molecule has 0 unspecified atom stereocenters. The van der Waals surface area contributed by atoms with E-state index in [9.17, 15) is 0 Å². The van der Waals surface area contributed by atoms with Crippen LogP contribution in [-0.2, 0) is 0 Å². The molecule has 0 saturated carbocycles. The van der Waals surface area contributed by atoms with Gasteiger partial charge in [-0.25, -0.2) is 0 Å². The molecule has 1 rings (SSSR count). The first-order chi connectivity index (χ1) is 6.88. The van der Waals surface area contributed by atoms with Crippen molar-refractivity contribution in [1.29, 1.82) is 0 Å². The lowest BCUT2D eigenvalue weighted by Crippen LogP contribution is -1.80. The van der Waals surface area contributed by atoms with E-state index in [0.717, 1.165) is 11.5 Å². The molecule has 0 bridgehead atoms. The molecule has 0 amide bonds. The van der Waals surface area contributed by atoms with Crippen LogP contribution in [0.25, 0.3) is 0 Å². The van der Waals surface area contributed by atoms with E-state index in [0.29, 0.717) is 0 Å². The third kappa shape index (κ3) is 3.64. The van der Waals surface area contributed by atoms with Crippen LogP contribution in [0.15, 0.2) is 59.4 Å². The summed E-state index contributed by atoms with van der Waals surface area (Å²) in [6.45, 7) is 7.45. The van der Waals surface area contributed by atoms with Gasteiger partial charge < -0.3 is 0 Å². The zero-order valence-corrected chi connectivity index (χ0v) is 9.74. The van der Waals surface area contributed by atoms with E-state index in [2.05, 4.69) is 37.4 Å². The number of hydrogen-bond donors (Lipinski definition) is 0. The Labute approximate surface area is 94.5 Å². The molecule has 0 saturated heterocycles. The molecule has 1 aromatic rings. The summed E-state index contributed by atoms with van der Waals surface area (Å²) in [6, 6.07) is 8.45. The van der Waals surface area contributed by atoms with Crippen molar-refractivity contribution in [2.24, 2.45) is 0 Å². The maximum atomic E-state index is 3.72. The fourth-order valence-electron chi connectivity index (χ4n) is 0.986. The standard InChI is InChI=1S/C12H14S2/c1-3-9-13-11-7-5-6-8-12(11)14-10-4-2/h3-8H,1-2,9-10H2. The van der Waals surface area contributed by atoms with E-state index in [1.807, 2.05) is 35.7 Å². The van der Waals surface area contributed by atoms with Crippen LogP contribution in [0, 0.1) is 0 Å². The van der Waals surface area contributed by atoms with Gasteiger partial charge in [-0.2, -0.15) is 0 Å². The first kappa shape index (κ1) is 11.5. The van der Waals surface area contributed by atoms with Crippen LogP contribution in [0.3, 0.4) is 0 Å². The monoisotopic (exact) mass is 222 g/mol. The average Bonchev–Trinajstić information content (AvgIpc) is 2.24. The number of thioether (sulfide) groups is 2. The van der Waals surface area contributed by atoms with Gasteiger partial charge in [-0.1, -0.05) is 24.3 Å². The van der Waals surface area contributed by atoms with Crippen molar-refractivity contribution in [3.05, 3.63) is 49.6 Å². The summed E-state index contributed by atoms with van der Waals surface area (Å²) in [4.78, 5) is 2.67. The van der Waals surface area contributed by atoms with Crippen LogP contribution in [0.5, 0.6) is 0 Å². The van der Waals surface area contributed by atoms with E-state index >= 15 is 0 Å². The zero-order valence-electron chi connectivity index (χ0n) is 8.11. The van der Waals surface area contributed by atoms with Crippen molar-refractivity contribution in [3.8, 4) is 0 Å². The topological polar surface area (TPSA) is 0 Å². The molecular formula is C12H14S2. The number of hydrogen-bond acceptors (Lipinski definition) is 2. The Kier molecular flexibility index (Phi) is 5.57. The van der Waals surface area contributed by atoms with Gasteiger partial charge >= 0.3 is 0 Å². The lowest BCUT2D eigenvalue weighted by Gasteiger charge is -2.05. The summed E-state index contributed by atoms with van der Waals surface area (Å²) in [5, 5.41) is 0. The van der Waals surface area contributed by atoms with Crippen LogP contribution in [-0.4, -0.2) is 11.5 Å². The van der Waals surface area contributed by atoms with Crippen molar-refractivity contribution < 1.29 is 0 Å². The maximum Gasteiger partial charge on any atom is 0.0211 e. The number of benzene rings is 1. The molecule has 0 aliphatic rings. The highest BCUT2D eigenvalue weighted by molar-refractivity contribution is 8.02. The van der Waals surface area contributed by atoms with Gasteiger partial charge in [-0.3, -0.25) is 0 Å². The highest BCUT2D eigenvalue weighted by atomic mass is 32.2. The fourth-order valence-corrected chi connectivity index (χ4v) is 2.70. The molecule has 0 radical (unpaired) electrons. The Morgan fingerprint density at radius 3 is 1.71 bits per heavy atom. The van der Waals surface area contributed by atoms with Crippen molar-refractivity contribution in [1.82, 2.24) is 0 Å². The van der Waals surface area contributed by atoms with Gasteiger partial charge in [-0.05, 0) is 12.1 Å². The van der Waals surface area contributed by atoms with Crippen molar-refractivity contribution in [2.45, 2.75) is 9.79 Å². The SMILES string of the molecule is C=CCSc1ccccc1SCC=C. The molecular weight excluding hydrogens is 208 g/mol. The van der Waals surface area contributed by atoms with Gasteiger partial charge in [0, 0.05) is 21.3 Å². The van der Waals surface area contributed by atoms with E-state index in [-0.39, 0.29) is 0 Å². The first-order valence-electron chi connectivity index (χ1n) is 4.45. The van der Waals surface area contributed by atoms with Crippen molar-refractivity contribution in [3.63, 3.8) is 0 Å². The van der Waals surface area contributed by atoms with Gasteiger partial charge in [0.25, 0.3) is 0 Å². The normalized spacial score (nSPS) is 9.71. The van der Waals surface area contributed by atoms with E-state index in [1.165, 1.54) is 9.79 Å². The summed E-state index contributed by atoms with van der Waals surface area (Å²) in [6.07, 6.45) is 3.86. The highest BCUT2D eigenvalue weighted by Gasteiger charge is 2.00. The molecule has 0 aliphatic heterocycles. The highest BCUT2D eigenvalue weighted by Crippen LogP contribution is 2.30. The van der Waals surface area contributed by atoms with Crippen molar-refractivity contribution in [2.75, 3.05) is 11.5 Å². The summed E-state index contributed by atoms with van der Waals surface area (Å²) in [7, 11) is 0. The quantitative estimate of drug-likeness (QED) is 0.521. The molecule has 0 heterocycles. The fraction of sp³-hybridized carbons (Fsp3) is 0.167. The lowest BCUT2D eigenvalue weighted by atomic mass is 10.4. The van der Waals surface area contributed by atoms with E-state index in [4.69, 9.17) is 0 Å². The second-order valence-corrected chi connectivity index (χ2v) is 4.77. The van der Waals surface area contributed by atoms with Gasteiger partial charge in [0.05, 0.1) is 0 Å². The van der Waals surface area contributed by atoms with Crippen LogP contribution in [0.1, 0.15) is 0 Å². The third-order valence-corrected chi connectivity index (χ3v) is 3.83. The van der Waals surface area contributed by atoms with Gasteiger partial charge in [0.2, 0.25) is 0 Å². The molecule has 0 N–H and O–H groups in total. The van der Waals surface area contributed by atoms with Crippen LogP contribution >= 0.6 is 23.5 Å². The summed E-state index contributed by atoms with van der Waals surface area (Å²) >= 11 is 3.65. The van der Waals surface area contributed by atoms with Crippen molar-refractivity contribution >= 4 is 23.5 Å². The Bertz CT molecular complexity index is 274. The maximum absolute atomic E-state index is 3.72. The molecule has 2 heteroatoms. The number of rotatable bonds is 6. The van der Waals surface area contributed by atoms with E-state index in [1.54, 1.807) is 0 Å². The molecule has 0 fully saturated rings. The lowest BCUT2D eigenvalue weighted by molar-refractivity contribution is 1.25. The predicted octanol–water partition coefficient (Wildman–Crippen LogP) is 4.24. The molecule has 0 aromatic heterocycles. The smallest absolute Gasteiger partial charge is 0.0211 e. The third-order valence-electron chi connectivity index (χ3n) is 1.56. The predicted molar refractivity (Wildman–Crippen MR) is 68.3 cm³/mol. The largest absolute Gasteiger partial charge is 0.121 e. The second-order valence-electron chi connectivity index (χ2n) is 2.65. The summed E-state index contributed by atoms with van der Waals surface area (Å²) < 4.78 is 0. The first-order valence-corrected chi connectivity index (χ1v) is 6.42. The summed E-state index contributed by atoms with van der Waals surface area (Å²) in [5.41, 5.74) is 0. The Hall–Kier alpha value is -0.600. The molecule has 74 valence electrons. The summed E-state index contributed by atoms with van der Waals surface area (Å²) in [5.74, 6) is 1.93. The minimum absolute atomic E-state index is 0.964. The van der Waals surface area contributed by atoms with Gasteiger partial charge in [-0.15, -0.1) is 36.7 Å². The van der Waals surface area contributed by atoms with Crippen LogP contribution in [0.2, 0.25) is 0 Å². The minimum Gasteiger partial charge on any atom is -0.121 e. The van der Waals surface area contributed by atoms with Gasteiger partial charge in [0.1, 0.15) is 0 Å². The van der Waals surface area contributed by atoms with Crippen LogP contribution < -0.4 is 0 Å². The zero-order chi connectivity index (χ0) is 10.2. The average molecular weight is 222 g/mol. The molecule has 14 heavy (non-hydrogen) atoms. The molecule has 1 aromatic carbocycles. The molecule has 0 atom stereocenters. The molecule has 0 spiro atoms. The second kappa shape index (κ2) is 6.80. The Balaban J connectivity index is 2.68. The Morgan fingerprint density at radius 1 is 0.929 bits per heavy atom. The molecule has 0 aliphatic carbocycles. The van der Waals surface area contributed by atoms with E-state index < -0.39 is 0 Å².